The molecule has 0 radical (unpaired) electrons. The molecule has 170 valence electrons. The zero-order valence-corrected chi connectivity index (χ0v) is 18.6. The Hall–Kier alpha value is -3.25. The first-order chi connectivity index (χ1) is 16.0. The van der Waals surface area contributed by atoms with E-state index in [-0.39, 0.29) is 11.9 Å². The molecule has 0 spiro atoms. The zero-order valence-electron chi connectivity index (χ0n) is 18.6. The third-order valence-corrected chi connectivity index (χ3v) is 6.71. The van der Waals surface area contributed by atoms with E-state index in [1.165, 1.54) is 36.2 Å². The minimum atomic E-state index is -0.928. The van der Waals surface area contributed by atoms with Crippen LogP contribution < -0.4 is 4.74 Å². The molecular weight excluding hydrogens is 419 g/mol. The quantitative estimate of drug-likeness (QED) is 0.495. The van der Waals surface area contributed by atoms with Crippen molar-refractivity contribution in [2.45, 2.75) is 38.3 Å². The molecule has 1 atom stereocenters. The Morgan fingerprint density at radius 3 is 2.82 bits per heavy atom. The number of carboxylic acids is 1. The van der Waals surface area contributed by atoms with Gasteiger partial charge in [0.1, 0.15) is 11.6 Å². The highest BCUT2D eigenvalue weighted by Crippen LogP contribution is 2.38. The van der Waals surface area contributed by atoms with Gasteiger partial charge in [0, 0.05) is 36.6 Å². The molecule has 0 bridgehead atoms. The Morgan fingerprint density at radius 1 is 1.21 bits per heavy atom. The summed E-state index contributed by atoms with van der Waals surface area (Å²) in [5.74, 6) is 0.00984. The molecule has 1 aromatic heterocycles. The molecule has 0 saturated heterocycles. The molecule has 0 unspecified atom stereocenters. The van der Waals surface area contributed by atoms with Crippen molar-refractivity contribution in [3.8, 4) is 16.9 Å². The number of benzene rings is 2. The van der Waals surface area contributed by atoms with Gasteiger partial charge in [-0.05, 0) is 85.2 Å². The number of halogens is 1. The van der Waals surface area contributed by atoms with Crippen LogP contribution in [0.15, 0.2) is 54.9 Å². The first kappa shape index (κ1) is 21.6. The molecule has 1 aliphatic carbocycles. The molecule has 1 fully saturated rings. The van der Waals surface area contributed by atoms with Gasteiger partial charge in [-0.3, -0.25) is 9.88 Å². The number of ether oxygens (including phenoxy) is 1. The number of carboxylic acid groups (broad SMARTS) is 1. The predicted molar refractivity (Wildman–Crippen MR) is 124 cm³/mol. The molecule has 5 nitrogen and oxygen atoms in total. The highest BCUT2D eigenvalue weighted by molar-refractivity contribution is 5.89. The second-order valence-electron chi connectivity index (χ2n) is 9.12. The maximum absolute atomic E-state index is 14.8. The average molecular weight is 447 g/mol. The molecule has 2 aromatic carbocycles. The fraction of sp³-hybridized carbons (Fsp3) is 0.333. The van der Waals surface area contributed by atoms with E-state index < -0.39 is 5.97 Å². The molecule has 5 rings (SSSR count). The van der Waals surface area contributed by atoms with E-state index in [2.05, 4.69) is 29.1 Å². The van der Waals surface area contributed by atoms with Gasteiger partial charge in [-0.25, -0.2) is 9.18 Å². The van der Waals surface area contributed by atoms with E-state index in [4.69, 9.17) is 4.74 Å². The van der Waals surface area contributed by atoms with Crippen LogP contribution in [0.5, 0.6) is 5.75 Å². The SMILES string of the molecule is CN1Cc2cc(-c3ccc(OCC4CC4)cc3F)ccc2[C@H]1CCc1cnccc1C(=O)O. The highest BCUT2D eigenvalue weighted by atomic mass is 19.1. The number of hydrogen-bond donors (Lipinski definition) is 1. The fourth-order valence-corrected chi connectivity index (χ4v) is 4.67. The Bertz CT molecular complexity index is 1190. The van der Waals surface area contributed by atoms with Crippen molar-refractivity contribution in [2.75, 3.05) is 13.7 Å². The smallest absolute Gasteiger partial charge is 0.336 e. The Morgan fingerprint density at radius 2 is 2.06 bits per heavy atom. The van der Waals surface area contributed by atoms with Crippen molar-refractivity contribution in [2.24, 2.45) is 5.92 Å². The van der Waals surface area contributed by atoms with Gasteiger partial charge < -0.3 is 9.84 Å². The Balaban J connectivity index is 1.32. The van der Waals surface area contributed by atoms with Gasteiger partial charge >= 0.3 is 5.97 Å². The average Bonchev–Trinajstić information content (AvgIpc) is 3.58. The lowest BCUT2D eigenvalue weighted by atomic mass is 9.94. The monoisotopic (exact) mass is 446 g/mol. The summed E-state index contributed by atoms with van der Waals surface area (Å²) in [4.78, 5) is 17.9. The normalized spacial score (nSPS) is 17.7. The van der Waals surface area contributed by atoms with E-state index in [0.717, 1.165) is 24.1 Å². The van der Waals surface area contributed by atoms with Crippen LogP contribution in [0.25, 0.3) is 11.1 Å². The Kier molecular flexibility index (Phi) is 5.85. The lowest BCUT2D eigenvalue weighted by Gasteiger charge is -2.20. The summed E-state index contributed by atoms with van der Waals surface area (Å²) in [5.41, 5.74) is 4.87. The van der Waals surface area contributed by atoms with Crippen LogP contribution in [0.1, 0.15) is 52.4 Å². The molecule has 0 amide bonds. The second-order valence-corrected chi connectivity index (χ2v) is 9.12. The first-order valence-electron chi connectivity index (χ1n) is 11.4. The number of hydrogen-bond acceptors (Lipinski definition) is 4. The van der Waals surface area contributed by atoms with Gasteiger partial charge in [0.25, 0.3) is 0 Å². The van der Waals surface area contributed by atoms with Crippen LogP contribution in [0.3, 0.4) is 0 Å². The summed E-state index contributed by atoms with van der Waals surface area (Å²) in [6, 6.07) is 13.0. The van der Waals surface area contributed by atoms with E-state index in [1.54, 1.807) is 18.3 Å². The van der Waals surface area contributed by atoms with E-state index in [1.807, 2.05) is 12.1 Å². The van der Waals surface area contributed by atoms with E-state index >= 15 is 0 Å². The maximum Gasteiger partial charge on any atom is 0.336 e. The number of aromatic carboxylic acids is 1. The molecule has 1 aliphatic heterocycles. The van der Waals surface area contributed by atoms with Crippen LogP contribution in [0.2, 0.25) is 0 Å². The number of fused-ring (bicyclic) bond motifs is 1. The summed E-state index contributed by atoms with van der Waals surface area (Å²) in [6.07, 6.45) is 6.97. The van der Waals surface area contributed by atoms with Gasteiger partial charge in [0.05, 0.1) is 12.2 Å². The summed E-state index contributed by atoms with van der Waals surface area (Å²) in [5, 5.41) is 9.43. The standard InChI is InChI=1S/C27H27FN2O3/c1-30-15-20-12-18(22-8-6-21(13-25(22)28)33-16-17-2-3-17)4-7-23(20)26(30)9-5-19-14-29-11-10-24(19)27(31)32/h4,6-8,10-14,17,26H,2-3,5,9,15-16H2,1H3,(H,31,32)/t26-/m1/s1. The number of rotatable bonds is 8. The topological polar surface area (TPSA) is 62.7 Å². The van der Waals surface area contributed by atoms with Crippen molar-refractivity contribution < 1.29 is 19.0 Å². The lowest BCUT2D eigenvalue weighted by molar-refractivity contribution is 0.0695. The minimum absolute atomic E-state index is 0.180. The number of aryl methyl sites for hydroxylation is 1. The number of nitrogens with zero attached hydrogens (tertiary/aromatic N) is 2. The number of aromatic nitrogens is 1. The van der Waals surface area contributed by atoms with Gasteiger partial charge in [-0.15, -0.1) is 0 Å². The molecule has 1 saturated carbocycles. The Labute approximate surface area is 192 Å². The molecule has 6 heteroatoms. The molecule has 1 N–H and O–H groups in total. The van der Waals surface area contributed by atoms with Crippen LogP contribution in [-0.4, -0.2) is 34.6 Å². The predicted octanol–water partition coefficient (Wildman–Crippen LogP) is 5.49. The summed E-state index contributed by atoms with van der Waals surface area (Å²) >= 11 is 0. The maximum atomic E-state index is 14.8. The summed E-state index contributed by atoms with van der Waals surface area (Å²) in [6.45, 7) is 1.44. The first-order valence-corrected chi connectivity index (χ1v) is 11.4. The molecule has 33 heavy (non-hydrogen) atoms. The van der Waals surface area contributed by atoms with Gasteiger partial charge in [0.2, 0.25) is 0 Å². The van der Waals surface area contributed by atoms with Gasteiger partial charge in [-0.1, -0.05) is 12.1 Å². The van der Waals surface area contributed by atoms with Gasteiger partial charge in [-0.2, -0.15) is 0 Å². The molecule has 3 aromatic rings. The largest absolute Gasteiger partial charge is 0.493 e. The van der Waals surface area contributed by atoms with Crippen LogP contribution in [0.4, 0.5) is 4.39 Å². The fourth-order valence-electron chi connectivity index (χ4n) is 4.67. The van der Waals surface area contributed by atoms with Crippen molar-refractivity contribution in [3.63, 3.8) is 0 Å². The van der Waals surface area contributed by atoms with Crippen LogP contribution in [-0.2, 0) is 13.0 Å². The molecular formula is C27H27FN2O3. The molecule has 2 aliphatic rings. The van der Waals surface area contributed by atoms with Gasteiger partial charge in [0.15, 0.2) is 0 Å². The van der Waals surface area contributed by atoms with Crippen molar-refractivity contribution >= 4 is 5.97 Å². The summed E-state index contributed by atoms with van der Waals surface area (Å²) in [7, 11) is 2.07. The van der Waals surface area contributed by atoms with Crippen LogP contribution in [0, 0.1) is 11.7 Å². The number of pyridine rings is 1. The van der Waals surface area contributed by atoms with Crippen molar-refractivity contribution in [3.05, 3.63) is 82.9 Å². The van der Waals surface area contributed by atoms with Crippen molar-refractivity contribution in [1.82, 2.24) is 9.88 Å². The third kappa shape index (κ3) is 4.62. The third-order valence-electron chi connectivity index (χ3n) is 6.71. The second kappa shape index (κ2) is 8.94. The minimum Gasteiger partial charge on any atom is -0.493 e. The van der Waals surface area contributed by atoms with Crippen molar-refractivity contribution in [1.29, 1.82) is 0 Å². The van der Waals surface area contributed by atoms with E-state index in [0.29, 0.717) is 35.8 Å². The molecule has 2 heterocycles. The lowest BCUT2D eigenvalue weighted by Crippen LogP contribution is -2.17. The highest BCUT2D eigenvalue weighted by Gasteiger charge is 2.28. The van der Waals surface area contributed by atoms with E-state index in [9.17, 15) is 14.3 Å². The number of carbonyl (C=O) groups is 1. The zero-order chi connectivity index (χ0) is 22.9. The van der Waals surface area contributed by atoms with Crippen LogP contribution >= 0.6 is 0 Å². The summed E-state index contributed by atoms with van der Waals surface area (Å²) < 4.78 is 20.6.